The van der Waals surface area contributed by atoms with Crippen LogP contribution in [0, 0.1) is 20.2 Å². The minimum atomic E-state index is -0.597. The third-order valence-electron chi connectivity index (χ3n) is 5.57. The molecule has 0 spiro atoms. The zero-order chi connectivity index (χ0) is 23.4. The largest absolute Gasteiger partial charge is 0.378 e. The first-order valence-electron chi connectivity index (χ1n) is 10.5. The molecule has 2 aliphatic rings. The highest BCUT2D eigenvalue weighted by atomic mass is 16.6. The molecule has 0 atom stereocenters. The smallest absolute Gasteiger partial charge is 0.294 e. The van der Waals surface area contributed by atoms with Gasteiger partial charge in [-0.05, 0) is 24.3 Å². The van der Waals surface area contributed by atoms with Gasteiger partial charge < -0.3 is 24.6 Å². The van der Waals surface area contributed by atoms with Gasteiger partial charge in [-0.1, -0.05) is 0 Å². The van der Waals surface area contributed by atoms with Gasteiger partial charge in [-0.25, -0.2) is 0 Å². The second-order valence-electron chi connectivity index (χ2n) is 7.57. The molecule has 33 heavy (non-hydrogen) atoms. The van der Waals surface area contributed by atoms with Crippen molar-refractivity contribution >= 4 is 34.3 Å². The Morgan fingerprint density at radius 2 is 1.27 bits per heavy atom. The molecule has 0 saturated carbocycles. The molecule has 0 radical (unpaired) electrons. The number of morpholine rings is 2. The molecule has 2 aromatic rings. The van der Waals surface area contributed by atoms with Crippen LogP contribution in [-0.4, -0.2) is 68.4 Å². The molecular weight excluding hydrogens is 434 g/mol. The maximum Gasteiger partial charge on any atom is 0.294 e. The number of carbonyl (C=O) groups excluding carboxylic acids is 1. The summed E-state index contributed by atoms with van der Waals surface area (Å²) in [7, 11) is 0. The van der Waals surface area contributed by atoms with E-state index in [2.05, 4.69) is 5.32 Å². The molecule has 174 valence electrons. The number of amides is 1. The molecule has 0 unspecified atom stereocenters. The fourth-order valence-corrected chi connectivity index (χ4v) is 3.90. The SMILES string of the molecule is O=C(Nc1ccc(N2CCOCC2)c([N+](=O)[O-])c1)c1ccc(N2CCOCC2)c([N+](=O)[O-])c1. The molecule has 0 aliphatic carbocycles. The van der Waals surface area contributed by atoms with E-state index in [1.54, 1.807) is 18.2 Å². The predicted octanol–water partition coefficient (Wildman–Crippen LogP) is 2.43. The number of carbonyl (C=O) groups is 1. The van der Waals surface area contributed by atoms with E-state index in [0.717, 1.165) is 0 Å². The Kier molecular flexibility index (Phi) is 6.66. The lowest BCUT2D eigenvalue weighted by Crippen LogP contribution is -2.36. The number of nitro groups is 2. The van der Waals surface area contributed by atoms with Crippen molar-refractivity contribution < 1.29 is 24.1 Å². The van der Waals surface area contributed by atoms with Gasteiger partial charge in [0, 0.05) is 49.6 Å². The van der Waals surface area contributed by atoms with Crippen LogP contribution in [-0.2, 0) is 9.47 Å². The number of hydrogen-bond donors (Lipinski definition) is 1. The fourth-order valence-electron chi connectivity index (χ4n) is 3.90. The van der Waals surface area contributed by atoms with E-state index in [0.29, 0.717) is 64.0 Å². The summed E-state index contributed by atoms with van der Waals surface area (Å²) in [5.74, 6) is -0.597. The monoisotopic (exact) mass is 457 g/mol. The average Bonchev–Trinajstić information content (AvgIpc) is 2.84. The quantitative estimate of drug-likeness (QED) is 0.511. The van der Waals surface area contributed by atoms with Crippen LogP contribution in [0.3, 0.4) is 0 Å². The summed E-state index contributed by atoms with van der Waals surface area (Å²) in [6.45, 7) is 4.01. The molecular formula is C21H23N5O7. The van der Waals surface area contributed by atoms with Crippen molar-refractivity contribution in [3.63, 3.8) is 0 Å². The van der Waals surface area contributed by atoms with Gasteiger partial charge in [0.1, 0.15) is 11.4 Å². The lowest BCUT2D eigenvalue weighted by molar-refractivity contribution is -0.384. The van der Waals surface area contributed by atoms with E-state index < -0.39 is 15.8 Å². The Bertz CT molecular complexity index is 1060. The van der Waals surface area contributed by atoms with Crippen LogP contribution in [0.5, 0.6) is 0 Å². The minimum absolute atomic E-state index is 0.0821. The Morgan fingerprint density at radius 3 is 1.79 bits per heavy atom. The van der Waals surface area contributed by atoms with Crippen molar-refractivity contribution in [1.82, 2.24) is 0 Å². The molecule has 2 saturated heterocycles. The van der Waals surface area contributed by atoms with Crippen LogP contribution in [0.2, 0.25) is 0 Å². The number of rotatable bonds is 6. The number of nitrogens with one attached hydrogen (secondary N) is 1. The lowest BCUT2D eigenvalue weighted by Gasteiger charge is -2.28. The van der Waals surface area contributed by atoms with Gasteiger partial charge >= 0.3 is 0 Å². The van der Waals surface area contributed by atoms with E-state index in [1.165, 1.54) is 18.2 Å². The maximum absolute atomic E-state index is 12.8. The number of nitro benzene ring substituents is 2. The summed E-state index contributed by atoms with van der Waals surface area (Å²) in [5.41, 5.74) is 0.862. The van der Waals surface area contributed by atoms with Gasteiger partial charge in [-0.3, -0.25) is 25.0 Å². The van der Waals surface area contributed by atoms with Gasteiger partial charge in [0.05, 0.1) is 36.3 Å². The molecule has 0 bridgehead atoms. The van der Waals surface area contributed by atoms with E-state index in [9.17, 15) is 25.0 Å². The van der Waals surface area contributed by atoms with Crippen LogP contribution >= 0.6 is 0 Å². The second kappa shape index (κ2) is 9.79. The number of ether oxygens (including phenoxy) is 2. The van der Waals surface area contributed by atoms with E-state index in [1.807, 2.05) is 9.80 Å². The van der Waals surface area contributed by atoms with Gasteiger partial charge in [-0.2, -0.15) is 0 Å². The van der Waals surface area contributed by atoms with Crippen molar-refractivity contribution in [3.8, 4) is 0 Å². The maximum atomic E-state index is 12.8. The van der Waals surface area contributed by atoms with Crippen LogP contribution in [0.15, 0.2) is 36.4 Å². The summed E-state index contributed by atoms with van der Waals surface area (Å²) in [6, 6.07) is 8.72. The average molecular weight is 457 g/mol. The van der Waals surface area contributed by atoms with Crippen LogP contribution < -0.4 is 15.1 Å². The topological polar surface area (TPSA) is 140 Å². The zero-order valence-corrected chi connectivity index (χ0v) is 17.8. The third kappa shape index (κ3) is 5.02. The molecule has 1 N–H and O–H groups in total. The number of nitrogens with zero attached hydrogens (tertiary/aromatic N) is 4. The molecule has 2 fully saturated rings. The van der Waals surface area contributed by atoms with E-state index >= 15 is 0 Å². The molecule has 2 heterocycles. The molecule has 0 aromatic heterocycles. The van der Waals surface area contributed by atoms with Crippen molar-refractivity contribution in [2.75, 3.05) is 67.7 Å². The molecule has 12 heteroatoms. The first-order valence-corrected chi connectivity index (χ1v) is 10.5. The number of benzene rings is 2. The van der Waals surface area contributed by atoms with E-state index in [4.69, 9.17) is 9.47 Å². The van der Waals surface area contributed by atoms with Crippen molar-refractivity contribution in [2.45, 2.75) is 0 Å². The lowest BCUT2D eigenvalue weighted by atomic mass is 10.1. The first kappa shape index (κ1) is 22.4. The number of hydrogen-bond acceptors (Lipinski definition) is 9. The molecule has 12 nitrogen and oxygen atoms in total. The van der Waals surface area contributed by atoms with Gasteiger partial charge in [0.15, 0.2) is 0 Å². The van der Waals surface area contributed by atoms with Crippen LogP contribution in [0.25, 0.3) is 0 Å². The fraction of sp³-hybridized carbons (Fsp3) is 0.381. The highest BCUT2D eigenvalue weighted by Crippen LogP contribution is 2.33. The zero-order valence-electron chi connectivity index (χ0n) is 17.8. The first-order chi connectivity index (χ1) is 15.9. The third-order valence-corrected chi connectivity index (χ3v) is 5.57. The molecule has 2 aliphatic heterocycles. The van der Waals surface area contributed by atoms with Gasteiger partial charge in [0.25, 0.3) is 17.3 Å². The highest BCUT2D eigenvalue weighted by Gasteiger charge is 2.25. The van der Waals surface area contributed by atoms with Gasteiger partial charge in [0.2, 0.25) is 0 Å². The Morgan fingerprint density at radius 1 is 0.788 bits per heavy atom. The summed E-state index contributed by atoms with van der Waals surface area (Å²) in [4.78, 5) is 38.7. The molecule has 4 rings (SSSR count). The van der Waals surface area contributed by atoms with Gasteiger partial charge in [-0.15, -0.1) is 0 Å². The normalized spacial score (nSPS) is 16.4. The van der Waals surface area contributed by atoms with E-state index in [-0.39, 0.29) is 22.6 Å². The van der Waals surface area contributed by atoms with Crippen molar-refractivity contribution in [3.05, 3.63) is 62.2 Å². The van der Waals surface area contributed by atoms with Crippen molar-refractivity contribution in [1.29, 1.82) is 0 Å². The predicted molar refractivity (Wildman–Crippen MR) is 120 cm³/mol. The van der Waals surface area contributed by atoms with Crippen LogP contribution in [0.4, 0.5) is 28.4 Å². The number of anilines is 3. The molecule has 1 amide bonds. The van der Waals surface area contributed by atoms with Crippen LogP contribution in [0.1, 0.15) is 10.4 Å². The Labute approximate surface area is 189 Å². The Balaban J connectivity index is 1.56. The van der Waals surface area contributed by atoms with Crippen molar-refractivity contribution in [2.24, 2.45) is 0 Å². The molecule has 2 aromatic carbocycles. The Hall–Kier alpha value is -3.77. The highest BCUT2D eigenvalue weighted by molar-refractivity contribution is 6.05. The summed E-state index contributed by atoms with van der Waals surface area (Å²) in [5, 5.41) is 25.9. The summed E-state index contributed by atoms with van der Waals surface area (Å²) >= 11 is 0. The summed E-state index contributed by atoms with van der Waals surface area (Å²) < 4.78 is 10.6. The standard InChI is InChI=1S/C21H23N5O7/c27-21(15-1-3-17(19(13-15)25(28)29)23-5-9-32-10-6-23)22-16-2-4-18(20(14-16)26(30)31)24-7-11-33-12-8-24/h1-4,13-14H,5-12H2,(H,22,27). The summed E-state index contributed by atoms with van der Waals surface area (Å²) in [6.07, 6.45) is 0. The minimum Gasteiger partial charge on any atom is -0.378 e. The second-order valence-corrected chi connectivity index (χ2v) is 7.57.